The summed E-state index contributed by atoms with van der Waals surface area (Å²) in [5, 5.41) is 17.0. The number of amides is 1. The molecule has 9 heteroatoms. The van der Waals surface area contributed by atoms with E-state index in [9.17, 15) is 14.9 Å². The topological polar surface area (TPSA) is 117 Å². The standard InChI is InChI=1S/C18H15N3O6/c1-25-15-8-3-11(9-17(15)26-2)16-10-14(20-27-16)18(22)19-12-4-6-13(7-5-12)21(23)24/h3-10H,1-2H3,(H,19,22). The van der Waals surface area contributed by atoms with E-state index in [0.717, 1.165) is 0 Å². The van der Waals surface area contributed by atoms with Crippen LogP contribution >= 0.6 is 0 Å². The Morgan fingerprint density at radius 3 is 2.41 bits per heavy atom. The van der Waals surface area contributed by atoms with Gasteiger partial charge in [0.25, 0.3) is 11.6 Å². The molecule has 0 aliphatic heterocycles. The summed E-state index contributed by atoms with van der Waals surface area (Å²) in [5.41, 5.74) is 1.07. The molecule has 3 rings (SSSR count). The molecule has 0 atom stereocenters. The molecular formula is C18H15N3O6. The average molecular weight is 369 g/mol. The summed E-state index contributed by atoms with van der Waals surface area (Å²) in [6.07, 6.45) is 0. The van der Waals surface area contributed by atoms with Crippen molar-refractivity contribution in [3.05, 3.63) is 64.3 Å². The number of ether oxygens (including phenoxy) is 2. The predicted molar refractivity (Wildman–Crippen MR) is 96.1 cm³/mol. The largest absolute Gasteiger partial charge is 0.493 e. The molecule has 1 heterocycles. The van der Waals surface area contributed by atoms with E-state index in [1.54, 1.807) is 18.2 Å². The summed E-state index contributed by atoms with van der Waals surface area (Å²) in [6, 6.07) is 12.1. The quantitative estimate of drug-likeness (QED) is 0.522. The van der Waals surface area contributed by atoms with Gasteiger partial charge in [-0.25, -0.2) is 0 Å². The van der Waals surface area contributed by atoms with Gasteiger partial charge in [0.05, 0.1) is 19.1 Å². The second kappa shape index (κ2) is 7.56. The van der Waals surface area contributed by atoms with Gasteiger partial charge in [0.2, 0.25) is 0 Å². The van der Waals surface area contributed by atoms with Crippen molar-refractivity contribution in [3.63, 3.8) is 0 Å². The highest BCUT2D eigenvalue weighted by atomic mass is 16.6. The van der Waals surface area contributed by atoms with Crippen molar-refractivity contribution in [3.8, 4) is 22.8 Å². The molecule has 0 unspecified atom stereocenters. The third-order valence-electron chi connectivity index (χ3n) is 3.75. The lowest BCUT2D eigenvalue weighted by Crippen LogP contribution is -2.12. The number of aromatic nitrogens is 1. The molecule has 0 radical (unpaired) electrons. The number of nitrogens with one attached hydrogen (secondary N) is 1. The molecule has 0 bridgehead atoms. The van der Waals surface area contributed by atoms with Crippen LogP contribution in [0, 0.1) is 10.1 Å². The molecule has 1 N–H and O–H groups in total. The highest BCUT2D eigenvalue weighted by molar-refractivity contribution is 6.03. The lowest BCUT2D eigenvalue weighted by Gasteiger charge is -2.07. The van der Waals surface area contributed by atoms with Gasteiger partial charge in [-0.2, -0.15) is 0 Å². The molecule has 1 aromatic heterocycles. The average Bonchev–Trinajstić information content (AvgIpc) is 3.18. The predicted octanol–water partition coefficient (Wildman–Crippen LogP) is 3.52. The molecule has 2 aromatic carbocycles. The minimum absolute atomic E-state index is 0.0647. The Morgan fingerprint density at radius 2 is 1.78 bits per heavy atom. The number of anilines is 1. The van der Waals surface area contributed by atoms with Crippen LogP contribution in [-0.2, 0) is 0 Å². The summed E-state index contributed by atoms with van der Waals surface area (Å²) >= 11 is 0. The fourth-order valence-electron chi connectivity index (χ4n) is 2.37. The molecule has 0 saturated heterocycles. The minimum atomic E-state index is -0.515. The van der Waals surface area contributed by atoms with Crippen molar-refractivity contribution >= 4 is 17.3 Å². The number of methoxy groups -OCH3 is 2. The zero-order chi connectivity index (χ0) is 19.4. The molecule has 0 spiro atoms. The number of carbonyl (C=O) groups is 1. The molecule has 138 valence electrons. The Balaban J connectivity index is 1.77. The van der Waals surface area contributed by atoms with E-state index in [1.807, 2.05) is 0 Å². The van der Waals surface area contributed by atoms with Crippen LogP contribution in [0.3, 0.4) is 0 Å². The number of rotatable bonds is 6. The molecule has 3 aromatic rings. The summed E-state index contributed by atoms with van der Waals surface area (Å²) in [6.45, 7) is 0. The number of hydrogen-bond donors (Lipinski definition) is 1. The number of hydrogen-bond acceptors (Lipinski definition) is 7. The van der Waals surface area contributed by atoms with Crippen LogP contribution in [0.5, 0.6) is 11.5 Å². The molecule has 0 aliphatic rings. The molecule has 0 saturated carbocycles. The van der Waals surface area contributed by atoms with Gasteiger partial charge < -0.3 is 19.3 Å². The van der Waals surface area contributed by atoms with Crippen molar-refractivity contribution in [1.29, 1.82) is 0 Å². The minimum Gasteiger partial charge on any atom is -0.493 e. The van der Waals surface area contributed by atoms with Crippen molar-refractivity contribution < 1.29 is 23.7 Å². The number of nitro benzene ring substituents is 1. The third kappa shape index (κ3) is 3.87. The SMILES string of the molecule is COc1ccc(-c2cc(C(=O)Nc3ccc([N+](=O)[O-])cc3)no2)cc1OC. The van der Waals surface area contributed by atoms with Crippen LogP contribution in [0.1, 0.15) is 10.5 Å². The van der Waals surface area contributed by atoms with Gasteiger partial charge in [-0.05, 0) is 30.3 Å². The molecule has 0 aliphatic carbocycles. The first-order valence-corrected chi connectivity index (χ1v) is 7.76. The van der Waals surface area contributed by atoms with Gasteiger partial charge in [0.1, 0.15) is 0 Å². The van der Waals surface area contributed by atoms with E-state index in [1.165, 1.54) is 44.6 Å². The first-order chi connectivity index (χ1) is 13.0. The Bertz CT molecular complexity index is 981. The first-order valence-electron chi connectivity index (χ1n) is 7.76. The van der Waals surface area contributed by atoms with Gasteiger partial charge >= 0.3 is 0 Å². The number of carbonyl (C=O) groups excluding carboxylic acids is 1. The Kier molecular flexibility index (Phi) is 5.02. The summed E-state index contributed by atoms with van der Waals surface area (Å²) in [5.74, 6) is 0.962. The zero-order valence-electron chi connectivity index (χ0n) is 14.5. The highest BCUT2D eigenvalue weighted by Crippen LogP contribution is 2.32. The Morgan fingerprint density at radius 1 is 1.07 bits per heavy atom. The molecule has 1 amide bonds. The van der Waals surface area contributed by atoms with E-state index in [2.05, 4.69) is 10.5 Å². The van der Waals surface area contributed by atoms with Crippen molar-refractivity contribution in [2.24, 2.45) is 0 Å². The van der Waals surface area contributed by atoms with Crippen molar-refractivity contribution in [1.82, 2.24) is 5.16 Å². The summed E-state index contributed by atoms with van der Waals surface area (Å²) in [4.78, 5) is 22.4. The van der Waals surface area contributed by atoms with Crippen LogP contribution < -0.4 is 14.8 Å². The number of benzene rings is 2. The number of nitro groups is 1. The monoisotopic (exact) mass is 369 g/mol. The number of nitrogens with zero attached hydrogens (tertiary/aromatic N) is 2. The van der Waals surface area contributed by atoms with Gasteiger partial charge in [-0.1, -0.05) is 5.16 Å². The van der Waals surface area contributed by atoms with Crippen LogP contribution in [0.25, 0.3) is 11.3 Å². The van der Waals surface area contributed by atoms with Crippen molar-refractivity contribution in [2.45, 2.75) is 0 Å². The fourth-order valence-corrected chi connectivity index (χ4v) is 2.37. The lowest BCUT2D eigenvalue weighted by molar-refractivity contribution is -0.384. The van der Waals surface area contributed by atoms with E-state index in [-0.39, 0.29) is 11.4 Å². The molecule has 0 fully saturated rings. The molecule has 27 heavy (non-hydrogen) atoms. The first kappa shape index (κ1) is 17.9. The van der Waals surface area contributed by atoms with Crippen LogP contribution in [0.15, 0.2) is 53.1 Å². The van der Waals surface area contributed by atoms with Crippen LogP contribution in [0.4, 0.5) is 11.4 Å². The second-order valence-electron chi connectivity index (χ2n) is 5.40. The van der Waals surface area contributed by atoms with E-state index in [0.29, 0.717) is 28.5 Å². The van der Waals surface area contributed by atoms with Crippen LogP contribution in [-0.4, -0.2) is 30.2 Å². The number of non-ortho nitro benzene ring substituents is 1. The smallest absolute Gasteiger partial charge is 0.277 e. The zero-order valence-corrected chi connectivity index (χ0v) is 14.5. The third-order valence-corrected chi connectivity index (χ3v) is 3.75. The highest BCUT2D eigenvalue weighted by Gasteiger charge is 2.16. The van der Waals surface area contributed by atoms with E-state index >= 15 is 0 Å². The summed E-state index contributed by atoms with van der Waals surface area (Å²) in [7, 11) is 3.05. The lowest BCUT2D eigenvalue weighted by atomic mass is 10.1. The fraction of sp³-hybridized carbons (Fsp3) is 0.111. The molecular weight excluding hydrogens is 354 g/mol. The maximum Gasteiger partial charge on any atom is 0.277 e. The Labute approximate surface area is 153 Å². The van der Waals surface area contributed by atoms with E-state index < -0.39 is 10.8 Å². The summed E-state index contributed by atoms with van der Waals surface area (Å²) < 4.78 is 15.7. The molecule has 9 nitrogen and oxygen atoms in total. The van der Waals surface area contributed by atoms with Crippen LogP contribution in [0.2, 0.25) is 0 Å². The van der Waals surface area contributed by atoms with E-state index in [4.69, 9.17) is 14.0 Å². The van der Waals surface area contributed by atoms with Gasteiger partial charge in [-0.15, -0.1) is 0 Å². The van der Waals surface area contributed by atoms with Gasteiger partial charge in [0.15, 0.2) is 23.0 Å². The van der Waals surface area contributed by atoms with Gasteiger partial charge in [0, 0.05) is 29.4 Å². The Hall–Kier alpha value is -3.88. The van der Waals surface area contributed by atoms with Crippen molar-refractivity contribution in [2.75, 3.05) is 19.5 Å². The maximum atomic E-state index is 12.3. The second-order valence-corrected chi connectivity index (χ2v) is 5.40. The normalized spacial score (nSPS) is 10.3. The van der Waals surface area contributed by atoms with Gasteiger partial charge in [-0.3, -0.25) is 14.9 Å². The maximum absolute atomic E-state index is 12.3.